The van der Waals surface area contributed by atoms with Gasteiger partial charge in [0.2, 0.25) is 5.91 Å². The van der Waals surface area contributed by atoms with Crippen LogP contribution in [0.5, 0.6) is 11.5 Å². The van der Waals surface area contributed by atoms with Crippen molar-refractivity contribution >= 4 is 21.8 Å². The van der Waals surface area contributed by atoms with Crippen molar-refractivity contribution in [3.63, 3.8) is 0 Å². The Balaban J connectivity index is 1.47. The maximum Gasteiger partial charge on any atom is 0.269 e. The summed E-state index contributed by atoms with van der Waals surface area (Å²) in [6.07, 6.45) is 0. The molecule has 0 fully saturated rings. The molecule has 0 radical (unpaired) electrons. The van der Waals surface area contributed by atoms with E-state index in [1.807, 2.05) is 0 Å². The molecular weight excluding hydrogens is 384 g/mol. The Bertz CT molecular complexity index is 1070. The third-order valence-electron chi connectivity index (χ3n) is 4.64. The summed E-state index contributed by atoms with van der Waals surface area (Å²) in [5.41, 5.74) is 0.853. The van der Waals surface area contributed by atoms with Crippen molar-refractivity contribution in [2.24, 2.45) is 0 Å². The van der Waals surface area contributed by atoms with E-state index >= 15 is 0 Å². The zero-order chi connectivity index (χ0) is 19.9. The highest BCUT2D eigenvalue weighted by atomic mass is 32.2. The number of sulfonamides is 1. The van der Waals surface area contributed by atoms with Gasteiger partial charge in [0, 0.05) is 0 Å². The molecule has 0 unspecified atom stereocenters. The number of carbonyl (C=O) groups is 2. The van der Waals surface area contributed by atoms with Crippen molar-refractivity contribution < 1.29 is 27.5 Å². The fourth-order valence-corrected chi connectivity index (χ4v) is 4.74. The van der Waals surface area contributed by atoms with Gasteiger partial charge in [-0.2, -0.15) is 0 Å². The molecule has 1 N–H and O–H groups in total. The number of benzene rings is 2. The lowest BCUT2D eigenvalue weighted by Crippen LogP contribution is -2.41. The number of hydrogen-bond donors (Lipinski definition) is 1. The normalized spacial score (nSPS) is 17.8. The summed E-state index contributed by atoms with van der Waals surface area (Å²) < 4.78 is 36.7. The largest absolute Gasteiger partial charge is 0.486 e. The van der Waals surface area contributed by atoms with Crippen LogP contribution in [-0.2, 0) is 14.8 Å². The van der Waals surface area contributed by atoms with Gasteiger partial charge in [0.1, 0.15) is 24.7 Å². The van der Waals surface area contributed by atoms with Gasteiger partial charge in [-0.1, -0.05) is 18.2 Å². The molecule has 2 heterocycles. The lowest BCUT2D eigenvalue weighted by atomic mass is 10.1. The van der Waals surface area contributed by atoms with Crippen molar-refractivity contribution in [3.8, 4) is 11.5 Å². The summed E-state index contributed by atoms with van der Waals surface area (Å²) >= 11 is 0. The number of amides is 2. The van der Waals surface area contributed by atoms with E-state index in [2.05, 4.69) is 5.32 Å². The number of nitrogens with zero attached hydrogens (tertiary/aromatic N) is 1. The quantitative estimate of drug-likeness (QED) is 0.831. The predicted molar refractivity (Wildman–Crippen MR) is 98.7 cm³/mol. The first-order valence-corrected chi connectivity index (χ1v) is 10.2. The van der Waals surface area contributed by atoms with Crippen LogP contribution in [0.15, 0.2) is 47.4 Å². The summed E-state index contributed by atoms with van der Waals surface area (Å²) in [5.74, 6) is -0.0394. The minimum atomic E-state index is -4.02. The van der Waals surface area contributed by atoms with Gasteiger partial charge in [-0.15, -0.1) is 0 Å². The van der Waals surface area contributed by atoms with Crippen LogP contribution < -0.4 is 14.8 Å². The molecule has 0 aliphatic carbocycles. The number of carbonyl (C=O) groups excluding carboxylic acids is 2. The Morgan fingerprint density at radius 1 is 1.14 bits per heavy atom. The average molecular weight is 402 g/mol. The Morgan fingerprint density at radius 2 is 1.86 bits per heavy atom. The Labute approximate surface area is 162 Å². The minimum Gasteiger partial charge on any atom is -0.486 e. The summed E-state index contributed by atoms with van der Waals surface area (Å²) in [6, 6.07) is 10.8. The van der Waals surface area contributed by atoms with Gasteiger partial charge in [0.15, 0.2) is 11.5 Å². The van der Waals surface area contributed by atoms with Gasteiger partial charge in [-0.25, -0.2) is 12.7 Å². The molecule has 2 aromatic carbocycles. The molecule has 0 spiro atoms. The molecule has 8 nitrogen and oxygen atoms in total. The van der Waals surface area contributed by atoms with Crippen LogP contribution in [-0.4, -0.2) is 44.3 Å². The molecule has 0 aromatic heterocycles. The van der Waals surface area contributed by atoms with Crippen molar-refractivity contribution in [1.82, 2.24) is 9.62 Å². The Hall–Kier alpha value is -3.07. The zero-order valence-electron chi connectivity index (χ0n) is 15.0. The van der Waals surface area contributed by atoms with Crippen LogP contribution in [0, 0.1) is 0 Å². The third kappa shape index (κ3) is 3.07. The molecule has 0 bridgehead atoms. The summed E-state index contributed by atoms with van der Waals surface area (Å²) in [4.78, 5) is 24.8. The number of ether oxygens (including phenoxy) is 2. The lowest BCUT2D eigenvalue weighted by Gasteiger charge is -2.22. The van der Waals surface area contributed by atoms with E-state index in [9.17, 15) is 18.0 Å². The molecule has 2 aliphatic heterocycles. The van der Waals surface area contributed by atoms with E-state index in [1.165, 1.54) is 18.2 Å². The second kappa shape index (κ2) is 6.83. The van der Waals surface area contributed by atoms with Gasteiger partial charge in [0.25, 0.3) is 15.9 Å². The van der Waals surface area contributed by atoms with Crippen LogP contribution in [0.25, 0.3) is 0 Å². The van der Waals surface area contributed by atoms with E-state index < -0.39 is 34.4 Å². The lowest BCUT2D eigenvalue weighted by molar-refractivity contribution is -0.121. The molecule has 2 amide bonds. The maximum absolute atomic E-state index is 12.5. The number of rotatable bonds is 4. The van der Waals surface area contributed by atoms with Gasteiger partial charge in [-0.3, -0.25) is 9.59 Å². The van der Waals surface area contributed by atoms with E-state index in [0.29, 0.717) is 29.0 Å². The van der Waals surface area contributed by atoms with Crippen molar-refractivity contribution in [2.75, 3.05) is 19.8 Å². The van der Waals surface area contributed by atoms with E-state index in [4.69, 9.17) is 9.47 Å². The standard InChI is InChI=1S/C19H18N2O6S/c1-12(13-6-7-15-16(10-13)27-9-8-26-15)20-18(22)11-21-19(23)14-4-2-3-5-17(14)28(21,24)25/h2-7,10,12H,8-9,11H2,1H3,(H,20,22)/t12-/m1/s1. The minimum absolute atomic E-state index is 0.0762. The topological polar surface area (TPSA) is 102 Å². The summed E-state index contributed by atoms with van der Waals surface area (Å²) in [7, 11) is -4.02. The second-order valence-electron chi connectivity index (χ2n) is 6.51. The van der Waals surface area contributed by atoms with Gasteiger partial charge in [-0.05, 0) is 36.8 Å². The third-order valence-corrected chi connectivity index (χ3v) is 6.43. The van der Waals surface area contributed by atoms with Crippen LogP contribution in [0.1, 0.15) is 28.9 Å². The highest BCUT2D eigenvalue weighted by Crippen LogP contribution is 2.33. The first kappa shape index (κ1) is 18.3. The number of fused-ring (bicyclic) bond motifs is 2. The molecule has 1 atom stereocenters. The van der Waals surface area contributed by atoms with Gasteiger partial charge in [0.05, 0.1) is 11.6 Å². The molecule has 2 aliphatic rings. The zero-order valence-corrected chi connectivity index (χ0v) is 15.9. The highest BCUT2D eigenvalue weighted by molar-refractivity contribution is 7.90. The van der Waals surface area contributed by atoms with Crippen LogP contribution in [0.2, 0.25) is 0 Å². The van der Waals surface area contributed by atoms with Gasteiger partial charge >= 0.3 is 0 Å². The summed E-state index contributed by atoms with van der Waals surface area (Å²) in [5, 5.41) is 2.72. The molecule has 2 aromatic rings. The van der Waals surface area contributed by atoms with Crippen molar-refractivity contribution in [2.45, 2.75) is 17.9 Å². The molecule has 4 rings (SSSR count). The van der Waals surface area contributed by atoms with E-state index in [0.717, 1.165) is 5.56 Å². The van der Waals surface area contributed by atoms with Crippen molar-refractivity contribution in [3.05, 3.63) is 53.6 Å². The van der Waals surface area contributed by atoms with Gasteiger partial charge < -0.3 is 14.8 Å². The van der Waals surface area contributed by atoms with Crippen LogP contribution in [0.3, 0.4) is 0 Å². The predicted octanol–water partition coefficient (Wildman–Crippen LogP) is 1.48. The Morgan fingerprint density at radius 3 is 2.61 bits per heavy atom. The summed E-state index contributed by atoms with van der Waals surface area (Å²) in [6.45, 7) is 2.12. The number of nitrogens with one attached hydrogen (secondary N) is 1. The number of hydrogen-bond acceptors (Lipinski definition) is 6. The van der Waals surface area contributed by atoms with E-state index in [-0.39, 0.29) is 10.5 Å². The Kier molecular flexibility index (Phi) is 4.46. The molecule has 0 saturated heterocycles. The maximum atomic E-state index is 12.5. The van der Waals surface area contributed by atoms with Crippen LogP contribution >= 0.6 is 0 Å². The molecule has 0 saturated carbocycles. The monoisotopic (exact) mass is 402 g/mol. The smallest absolute Gasteiger partial charge is 0.269 e. The van der Waals surface area contributed by atoms with Crippen LogP contribution in [0.4, 0.5) is 0 Å². The first-order valence-electron chi connectivity index (χ1n) is 8.73. The highest BCUT2D eigenvalue weighted by Gasteiger charge is 2.41. The SMILES string of the molecule is C[C@@H](NC(=O)CN1C(=O)c2ccccc2S1(=O)=O)c1ccc2c(c1)OCCO2. The first-order chi connectivity index (χ1) is 13.4. The second-order valence-corrected chi connectivity index (χ2v) is 8.34. The molecule has 146 valence electrons. The fourth-order valence-electron chi connectivity index (χ4n) is 3.22. The van der Waals surface area contributed by atoms with E-state index in [1.54, 1.807) is 31.2 Å². The average Bonchev–Trinajstić information content (AvgIpc) is 2.88. The van der Waals surface area contributed by atoms with Crippen molar-refractivity contribution in [1.29, 1.82) is 0 Å². The molecule has 28 heavy (non-hydrogen) atoms. The fraction of sp³-hybridized carbons (Fsp3) is 0.263. The molecular formula is C19H18N2O6S. The molecule has 9 heteroatoms.